The first-order valence-electron chi connectivity index (χ1n) is 9.23. The van der Waals surface area contributed by atoms with Crippen LogP contribution in [0.2, 0.25) is 0 Å². The third-order valence-electron chi connectivity index (χ3n) is 4.73. The number of anilines is 1. The molecule has 0 atom stereocenters. The zero-order valence-corrected chi connectivity index (χ0v) is 15.6. The summed E-state index contributed by atoms with van der Waals surface area (Å²) in [6, 6.07) is 14.4. The van der Waals surface area contributed by atoms with Crippen LogP contribution in [0.5, 0.6) is 0 Å². The fourth-order valence-electron chi connectivity index (χ4n) is 3.14. The van der Waals surface area contributed by atoms with Gasteiger partial charge >= 0.3 is 0 Å². The van der Waals surface area contributed by atoms with Crippen molar-refractivity contribution in [2.45, 2.75) is 25.9 Å². The Bertz CT molecular complexity index is 1010. The van der Waals surface area contributed by atoms with Crippen molar-refractivity contribution in [3.63, 3.8) is 0 Å². The summed E-state index contributed by atoms with van der Waals surface area (Å²) in [6.07, 6.45) is 3.68. The molecule has 1 aliphatic heterocycles. The van der Waals surface area contributed by atoms with Gasteiger partial charge in [0, 0.05) is 24.1 Å². The average molecular weight is 389 g/mol. The van der Waals surface area contributed by atoms with Crippen molar-refractivity contribution in [3.8, 4) is 0 Å². The summed E-state index contributed by atoms with van der Waals surface area (Å²) in [5.41, 5.74) is 3.04. The number of nitrogens with one attached hydrogen (secondary N) is 1. The lowest BCUT2D eigenvalue weighted by atomic mass is 10.1. The molecular formula is C21H19N5O3. The second kappa shape index (κ2) is 8.05. The van der Waals surface area contributed by atoms with Gasteiger partial charge in [-0.15, -0.1) is 0 Å². The van der Waals surface area contributed by atoms with Gasteiger partial charge in [0.1, 0.15) is 12.7 Å². The topological polar surface area (TPSA) is 97.2 Å². The van der Waals surface area contributed by atoms with Gasteiger partial charge in [-0.2, -0.15) is 5.10 Å². The van der Waals surface area contributed by atoms with Gasteiger partial charge < -0.3 is 5.32 Å². The third-order valence-corrected chi connectivity index (χ3v) is 4.73. The van der Waals surface area contributed by atoms with Gasteiger partial charge in [-0.05, 0) is 35.4 Å². The first-order chi connectivity index (χ1) is 14.1. The zero-order chi connectivity index (χ0) is 20.2. The predicted molar refractivity (Wildman–Crippen MR) is 105 cm³/mol. The van der Waals surface area contributed by atoms with Crippen molar-refractivity contribution >= 4 is 23.4 Å². The van der Waals surface area contributed by atoms with E-state index in [0.717, 1.165) is 11.1 Å². The van der Waals surface area contributed by atoms with Crippen molar-refractivity contribution in [1.82, 2.24) is 19.7 Å². The van der Waals surface area contributed by atoms with Crippen LogP contribution in [0.3, 0.4) is 0 Å². The number of likely N-dealkylation sites (tertiary alicyclic amines) is 1. The summed E-state index contributed by atoms with van der Waals surface area (Å²) in [4.78, 5) is 41.1. The first kappa shape index (κ1) is 18.5. The monoisotopic (exact) mass is 389 g/mol. The minimum Gasteiger partial charge on any atom is -0.322 e. The highest BCUT2D eigenvalue weighted by molar-refractivity contribution is 6.04. The fourth-order valence-corrected chi connectivity index (χ4v) is 3.14. The van der Waals surface area contributed by atoms with Crippen LogP contribution in [0.15, 0.2) is 61.2 Å². The molecule has 4 rings (SSSR count). The van der Waals surface area contributed by atoms with Gasteiger partial charge in [0.15, 0.2) is 0 Å². The number of imide groups is 1. The lowest BCUT2D eigenvalue weighted by molar-refractivity contribution is -0.139. The number of rotatable bonds is 6. The molecule has 3 amide bonds. The van der Waals surface area contributed by atoms with Gasteiger partial charge in [0.2, 0.25) is 11.8 Å². The molecule has 0 radical (unpaired) electrons. The molecule has 146 valence electrons. The van der Waals surface area contributed by atoms with Crippen molar-refractivity contribution in [2.24, 2.45) is 0 Å². The van der Waals surface area contributed by atoms with Crippen LogP contribution in [0.1, 0.15) is 34.3 Å². The maximum atomic E-state index is 12.5. The molecule has 0 unspecified atom stereocenters. The van der Waals surface area contributed by atoms with Crippen LogP contribution < -0.4 is 5.32 Å². The van der Waals surface area contributed by atoms with Crippen LogP contribution in [0.4, 0.5) is 5.69 Å². The summed E-state index contributed by atoms with van der Waals surface area (Å²) in [7, 11) is 0. The van der Waals surface area contributed by atoms with Gasteiger partial charge in [-0.1, -0.05) is 24.3 Å². The number of nitrogens with zero attached hydrogens (tertiary/aromatic N) is 4. The molecule has 1 saturated heterocycles. The quantitative estimate of drug-likeness (QED) is 0.652. The van der Waals surface area contributed by atoms with Gasteiger partial charge in [-0.25, -0.2) is 9.67 Å². The van der Waals surface area contributed by atoms with E-state index < -0.39 is 0 Å². The number of hydrogen-bond acceptors (Lipinski definition) is 5. The van der Waals surface area contributed by atoms with Gasteiger partial charge in [0.05, 0.1) is 13.1 Å². The Balaban J connectivity index is 1.35. The Morgan fingerprint density at radius 3 is 2.14 bits per heavy atom. The smallest absolute Gasteiger partial charge is 0.255 e. The standard InChI is InChI=1S/C21H19N5O3/c27-19-9-10-20(28)26(19)12-16-1-5-17(6-2-16)21(29)24-18-7-3-15(4-8-18)11-25-14-22-13-23-25/h1-8,13-14H,9-12H2,(H,24,29). The summed E-state index contributed by atoms with van der Waals surface area (Å²) in [5, 5.41) is 6.92. The lowest BCUT2D eigenvalue weighted by Gasteiger charge is -2.14. The molecule has 1 fully saturated rings. The van der Waals surface area contributed by atoms with E-state index in [4.69, 9.17) is 0 Å². The first-order valence-corrected chi connectivity index (χ1v) is 9.23. The summed E-state index contributed by atoms with van der Waals surface area (Å²) in [5.74, 6) is -0.526. The number of benzene rings is 2. The highest BCUT2D eigenvalue weighted by Gasteiger charge is 2.28. The minimum atomic E-state index is -0.228. The number of carbonyl (C=O) groups is 3. The summed E-state index contributed by atoms with van der Waals surface area (Å²) in [6.45, 7) is 0.852. The Labute approximate surface area is 167 Å². The highest BCUT2D eigenvalue weighted by atomic mass is 16.2. The molecule has 29 heavy (non-hydrogen) atoms. The molecular weight excluding hydrogens is 370 g/mol. The van der Waals surface area contributed by atoms with E-state index in [-0.39, 0.29) is 37.1 Å². The fraction of sp³-hybridized carbons (Fsp3) is 0.190. The minimum absolute atomic E-state index is 0.149. The molecule has 8 nitrogen and oxygen atoms in total. The Kier molecular flexibility index (Phi) is 5.15. The molecule has 1 N–H and O–H groups in total. The van der Waals surface area contributed by atoms with E-state index in [1.165, 1.54) is 11.2 Å². The van der Waals surface area contributed by atoms with E-state index in [1.54, 1.807) is 35.3 Å². The summed E-state index contributed by atoms with van der Waals surface area (Å²) >= 11 is 0. The van der Waals surface area contributed by atoms with E-state index in [2.05, 4.69) is 15.4 Å². The SMILES string of the molecule is O=C(Nc1ccc(Cn2cncn2)cc1)c1ccc(CN2C(=O)CCC2=O)cc1. The van der Waals surface area contributed by atoms with E-state index in [1.807, 2.05) is 24.3 Å². The molecule has 8 heteroatoms. The summed E-state index contributed by atoms with van der Waals surface area (Å²) < 4.78 is 1.72. The molecule has 0 bridgehead atoms. The largest absolute Gasteiger partial charge is 0.322 e. The molecule has 0 spiro atoms. The van der Waals surface area contributed by atoms with Crippen molar-refractivity contribution in [3.05, 3.63) is 77.9 Å². The molecule has 0 saturated carbocycles. The number of carbonyl (C=O) groups excluding carboxylic acids is 3. The van der Waals surface area contributed by atoms with Crippen molar-refractivity contribution in [1.29, 1.82) is 0 Å². The number of aromatic nitrogens is 3. The lowest BCUT2D eigenvalue weighted by Crippen LogP contribution is -2.28. The number of amides is 3. The second-order valence-corrected chi connectivity index (χ2v) is 6.81. The van der Waals surface area contributed by atoms with Crippen LogP contribution in [-0.2, 0) is 22.7 Å². The van der Waals surface area contributed by atoms with Gasteiger partial charge in [-0.3, -0.25) is 19.3 Å². The van der Waals surface area contributed by atoms with Crippen LogP contribution in [0, 0.1) is 0 Å². The van der Waals surface area contributed by atoms with Crippen LogP contribution in [-0.4, -0.2) is 37.4 Å². The average Bonchev–Trinajstić information content (AvgIpc) is 3.35. The maximum Gasteiger partial charge on any atom is 0.255 e. The van der Waals surface area contributed by atoms with Crippen LogP contribution in [0.25, 0.3) is 0 Å². The normalized spacial score (nSPS) is 13.7. The van der Waals surface area contributed by atoms with E-state index in [9.17, 15) is 14.4 Å². The van der Waals surface area contributed by atoms with E-state index >= 15 is 0 Å². The Hall–Kier alpha value is -3.81. The molecule has 2 heterocycles. The predicted octanol–water partition coefficient (Wildman–Crippen LogP) is 2.23. The molecule has 2 aromatic carbocycles. The third kappa shape index (κ3) is 4.37. The van der Waals surface area contributed by atoms with E-state index in [0.29, 0.717) is 17.8 Å². The molecule has 1 aromatic heterocycles. The van der Waals surface area contributed by atoms with Crippen molar-refractivity contribution in [2.75, 3.05) is 5.32 Å². The second-order valence-electron chi connectivity index (χ2n) is 6.81. The Morgan fingerprint density at radius 1 is 0.897 bits per heavy atom. The number of hydrogen-bond donors (Lipinski definition) is 1. The van der Waals surface area contributed by atoms with Crippen molar-refractivity contribution < 1.29 is 14.4 Å². The zero-order valence-electron chi connectivity index (χ0n) is 15.6. The molecule has 1 aliphatic rings. The molecule has 3 aromatic rings. The van der Waals surface area contributed by atoms with Crippen LogP contribution >= 0.6 is 0 Å². The maximum absolute atomic E-state index is 12.5. The molecule has 0 aliphatic carbocycles. The Morgan fingerprint density at radius 2 is 1.52 bits per heavy atom. The highest BCUT2D eigenvalue weighted by Crippen LogP contribution is 2.17. The van der Waals surface area contributed by atoms with Gasteiger partial charge in [0.25, 0.3) is 5.91 Å².